The Balaban J connectivity index is 1.77. The minimum absolute atomic E-state index is 0.0238. The highest BCUT2D eigenvalue weighted by molar-refractivity contribution is 6.30. The van der Waals surface area contributed by atoms with Crippen LogP contribution in [0.5, 0.6) is 0 Å². The lowest BCUT2D eigenvalue weighted by Gasteiger charge is -2.38. The van der Waals surface area contributed by atoms with Crippen LogP contribution in [0.15, 0.2) is 64.8 Å². The first-order valence-electron chi connectivity index (χ1n) is 10.00. The van der Waals surface area contributed by atoms with Crippen molar-refractivity contribution in [2.45, 2.75) is 32.6 Å². The van der Waals surface area contributed by atoms with Crippen LogP contribution in [0.2, 0.25) is 0 Å². The van der Waals surface area contributed by atoms with E-state index in [9.17, 15) is 19.7 Å². The van der Waals surface area contributed by atoms with Crippen LogP contribution >= 0.6 is 0 Å². The molecule has 6 heteroatoms. The Morgan fingerprint density at radius 3 is 2.47 bits per heavy atom. The summed E-state index contributed by atoms with van der Waals surface area (Å²) in [5.41, 5.74) is 3.68. The van der Waals surface area contributed by atoms with E-state index in [1.807, 2.05) is 32.0 Å². The molecule has 0 amide bonds. The molecule has 2 aromatic carbocycles. The number of Topliss-reactive ketones (excluding diaryl/α,β-unsaturated/α-hetero) is 2. The van der Waals surface area contributed by atoms with Crippen molar-refractivity contribution in [1.82, 2.24) is 0 Å². The van der Waals surface area contributed by atoms with Gasteiger partial charge in [0, 0.05) is 46.9 Å². The molecule has 0 saturated heterocycles. The first-order chi connectivity index (χ1) is 14.3. The fourth-order valence-electron chi connectivity index (χ4n) is 5.08. The standard InChI is InChI=1S/C24H20N2O4/c1-24(2)11-17-20(18(27)12-24)19(13-6-5-7-14(10-13)26(29)30)21-22(25-17)15-8-3-4-9-16(15)23(21)28/h3-10,19,21H,11-12H2,1-2H3/t19-,21+/m1/s1. The summed E-state index contributed by atoms with van der Waals surface area (Å²) in [5, 5.41) is 11.4. The molecule has 0 fully saturated rings. The van der Waals surface area contributed by atoms with Crippen molar-refractivity contribution < 1.29 is 14.5 Å². The number of hydrogen-bond donors (Lipinski definition) is 0. The second-order valence-corrected chi connectivity index (χ2v) is 9.02. The Morgan fingerprint density at radius 1 is 1.00 bits per heavy atom. The molecule has 2 aromatic rings. The van der Waals surface area contributed by atoms with Crippen molar-refractivity contribution in [3.8, 4) is 0 Å². The highest BCUT2D eigenvalue weighted by Gasteiger charge is 2.50. The van der Waals surface area contributed by atoms with Gasteiger partial charge in [-0.2, -0.15) is 0 Å². The number of carbonyl (C=O) groups excluding carboxylic acids is 2. The van der Waals surface area contributed by atoms with Gasteiger partial charge in [0.1, 0.15) is 0 Å². The normalized spacial score (nSPS) is 24.1. The van der Waals surface area contributed by atoms with E-state index in [-0.39, 0.29) is 22.7 Å². The molecule has 30 heavy (non-hydrogen) atoms. The van der Waals surface area contributed by atoms with Crippen LogP contribution in [-0.2, 0) is 4.79 Å². The average Bonchev–Trinajstić information content (AvgIpc) is 2.98. The first-order valence-corrected chi connectivity index (χ1v) is 10.00. The van der Waals surface area contributed by atoms with E-state index >= 15 is 0 Å². The number of fused-ring (bicyclic) bond motifs is 3. The number of ketones is 2. The van der Waals surface area contributed by atoms with Crippen LogP contribution in [0, 0.1) is 21.4 Å². The van der Waals surface area contributed by atoms with Crippen LogP contribution in [0.3, 0.4) is 0 Å². The van der Waals surface area contributed by atoms with Crippen LogP contribution in [0.4, 0.5) is 5.69 Å². The molecule has 0 unspecified atom stereocenters. The zero-order valence-electron chi connectivity index (χ0n) is 16.7. The molecule has 2 aliphatic carbocycles. The van der Waals surface area contributed by atoms with E-state index in [1.54, 1.807) is 18.2 Å². The highest BCUT2D eigenvalue weighted by atomic mass is 16.6. The van der Waals surface area contributed by atoms with Gasteiger partial charge in [-0.05, 0) is 17.4 Å². The summed E-state index contributed by atoms with van der Waals surface area (Å²) in [7, 11) is 0. The molecule has 0 radical (unpaired) electrons. The maximum absolute atomic E-state index is 13.4. The van der Waals surface area contributed by atoms with Gasteiger partial charge in [0.15, 0.2) is 11.6 Å². The van der Waals surface area contributed by atoms with Crippen molar-refractivity contribution in [1.29, 1.82) is 0 Å². The third-order valence-corrected chi connectivity index (χ3v) is 6.28. The Kier molecular flexibility index (Phi) is 3.90. The molecule has 2 atom stereocenters. The molecule has 150 valence electrons. The van der Waals surface area contributed by atoms with Gasteiger partial charge in [-0.3, -0.25) is 24.7 Å². The summed E-state index contributed by atoms with van der Waals surface area (Å²) in [6.07, 6.45) is 1.00. The van der Waals surface area contributed by atoms with Crippen molar-refractivity contribution in [2.75, 3.05) is 0 Å². The summed E-state index contributed by atoms with van der Waals surface area (Å²) in [4.78, 5) is 42.4. The Bertz CT molecular complexity index is 1210. The van der Waals surface area contributed by atoms with Gasteiger partial charge in [-0.15, -0.1) is 0 Å². The monoisotopic (exact) mass is 400 g/mol. The number of aliphatic imine (C=N–C) groups is 1. The number of non-ortho nitro benzene ring substituents is 1. The molecule has 0 aromatic heterocycles. The molecule has 0 spiro atoms. The molecule has 6 nitrogen and oxygen atoms in total. The molecule has 3 aliphatic rings. The minimum atomic E-state index is -0.631. The maximum atomic E-state index is 13.4. The van der Waals surface area contributed by atoms with E-state index in [0.717, 1.165) is 5.56 Å². The Hall–Kier alpha value is -3.41. The zero-order valence-corrected chi connectivity index (χ0v) is 16.7. The molecule has 0 N–H and O–H groups in total. The van der Waals surface area contributed by atoms with Gasteiger partial charge in [-0.1, -0.05) is 50.2 Å². The number of nitro groups is 1. The number of allylic oxidation sites excluding steroid dienone is 2. The summed E-state index contributed by atoms with van der Waals surface area (Å²) in [5.74, 6) is -1.29. The number of hydrogen-bond acceptors (Lipinski definition) is 5. The minimum Gasteiger partial charge on any atom is -0.294 e. The Morgan fingerprint density at radius 2 is 1.73 bits per heavy atom. The summed E-state index contributed by atoms with van der Waals surface area (Å²) >= 11 is 0. The molecule has 1 heterocycles. The number of nitrogens with zero attached hydrogens (tertiary/aromatic N) is 2. The number of rotatable bonds is 2. The predicted molar refractivity (Wildman–Crippen MR) is 112 cm³/mol. The van der Waals surface area contributed by atoms with Gasteiger partial charge < -0.3 is 0 Å². The molecular weight excluding hydrogens is 380 g/mol. The van der Waals surface area contributed by atoms with Crippen LogP contribution < -0.4 is 0 Å². The van der Waals surface area contributed by atoms with E-state index in [2.05, 4.69) is 0 Å². The number of nitro benzene ring substituents is 1. The summed E-state index contributed by atoms with van der Waals surface area (Å²) < 4.78 is 0. The second-order valence-electron chi connectivity index (χ2n) is 9.02. The van der Waals surface area contributed by atoms with E-state index in [4.69, 9.17) is 4.99 Å². The zero-order chi connectivity index (χ0) is 21.2. The lowest BCUT2D eigenvalue weighted by atomic mass is 9.66. The van der Waals surface area contributed by atoms with Gasteiger partial charge in [0.2, 0.25) is 0 Å². The van der Waals surface area contributed by atoms with Crippen molar-refractivity contribution >= 4 is 23.0 Å². The van der Waals surface area contributed by atoms with Gasteiger partial charge >= 0.3 is 0 Å². The lowest BCUT2D eigenvalue weighted by molar-refractivity contribution is -0.384. The fraction of sp³-hybridized carbons (Fsp3) is 0.292. The van der Waals surface area contributed by atoms with E-state index < -0.39 is 16.8 Å². The molecule has 0 saturated carbocycles. The van der Waals surface area contributed by atoms with E-state index in [0.29, 0.717) is 41.0 Å². The number of carbonyl (C=O) groups is 2. The highest BCUT2D eigenvalue weighted by Crippen LogP contribution is 2.51. The fourth-order valence-corrected chi connectivity index (χ4v) is 5.08. The van der Waals surface area contributed by atoms with Gasteiger partial charge in [0.05, 0.1) is 16.6 Å². The predicted octanol–water partition coefficient (Wildman–Crippen LogP) is 4.64. The third-order valence-electron chi connectivity index (χ3n) is 6.28. The van der Waals surface area contributed by atoms with Gasteiger partial charge in [0.25, 0.3) is 5.69 Å². The largest absolute Gasteiger partial charge is 0.294 e. The van der Waals surface area contributed by atoms with Crippen molar-refractivity contribution in [3.05, 3.63) is 86.6 Å². The molecule has 5 rings (SSSR count). The average molecular weight is 400 g/mol. The molecular formula is C24H20N2O4. The Labute approximate surface area is 173 Å². The SMILES string of the molecule is CC1(C)CC(=O)C2=C(C1)N=C1c3ccccc3C(=O)[C@H]1[C@@H]2c1cccc([N+](=O)[O-])c1. The third kappa shape index (κ3) is 2.67. The van der Waals surface area contributed by atoms with Crippen molar-refractivity contribution in [2.24, 2.45) is 16.3 Å². The molecule has 1 aliphatic heterocycles. The van der Waals surface area contributed by atoms with Crippen LogP contribution in [0.1, 0.15) is 54.1 Å². The lowest BCUT2D eigenvalue weighted by Crippen LogP contribution is -2.37. The van der Waals surface area contributed by atoms with Crippen LogP contribution in [0.25, 0.3) is 0 Å². The second kappa shape index (κ2) is 6.29. The summed E-state index contributed by atoms with van der Waals surface area (Å²) in [6, 6.07) is 13.7. The summed E-state index contributed by atoms with van der Waals surface area (Å²) in [6.45, 7) is 4.08. The van der Waals surface area contributed by atoms with Crippen LogP contribution in [-0.4, -0.2) is 22.2 Å². The molecule has 0 bridgehead atoms. The maximum Gasteiger partial charge on any atom is 0.269 e. The number of benzene rings is 2. The van der Waals surface area contributed by atoms with Crippen molar-refractivity contribution in [3.63, 3.8) is 0 Å². The topological polar surface area (TPSA) is 89.6 Å². The quantitative estimate of drug-likeness (QED) is 0.543. The van der Waals surface area contributed by atoms with E-state index in [1.165, 1.54) is 12.1 Å². The first kappa shape index (κ1) is 18.6. The smallest absolute Gasteiger partial charge is 0.269 e. The van der Waals surface area contributed by atoms with Gasteiger partial charge in [-0.25, -0.2) is 0 Å².